The molecule has 7 nitrogen and oxygen atoms in total. The van der Waals surface area contributed by atoms with Gasteiger partial charge in [-0.1, -0.05) is 19.3 Å². The van der Waals surface area contributed by atoms with E-state index in [9.17, 15) is 13.2 Å². The molecule has 0 aromatic heterocycles. The first-order valence-electron chi connectivity index (χ1n) is 11.8. The van der Waals surface area contributed by atoms with Gasteiger partial charge in [-0.3, -0.25) is 9.52 Å². The molecule has 2 aliphatic heterocycles. The third kappa shape index (κ3) is 4.81. The lowest BCUT2D eigenvalue weighted by atomic mass is 9.75. The number of rotatable bonds is 4. The number of anilines is 1. The van der Waals surface area contributed by atoms with Gasteiger partial charge in [0, 0.05) is 36.8 Å². The summed E-state index contributed by atoms with van der Waals surface area (Å²) in [6.07, 6.45) is 6.93. The summed E-state index contributed by atoms with van der Waals surface area (Å²) >= 11 is 0. The Bertz CT molecular complexity index is 1120. The first-order valence-corrected chi connectivity index (χ1v) is 13.3. The molecule has 0 radical (unpaired) electrons. The standard InChI is InChI=1S/C25H30N2O5S/c28-25(27-13-12-18-4-1-2-5-20(18)17-27)19-6-8-21(9-7-19)26-33(29,30)22-10-11-23-24(16-22)32-15-3-14-31-23/h6-11,16,18,20,26H,1-5,12-15,17H2. The highest BCUT2D eigenvalue weighted by Crippen LogP contribution is 2.36. The number of benzene rings is 2. The smallest absolute Gasteiger partial charge is 0.262 e. The van der Waals surface area contributed by atoms with Crippen molar-refractivity contribution < 1.29 is 22.7 Å². The summed E-state index contributed by atoms with van der Waals surface area (Å²) in [5.41, 5.74) is 0.993. The van der Waals surface area contributed by atoms with Crippen LogP contribution in [-0.2, 0) is 10.0 Å². The van der Waals surface area contributed by atoms with Crippen LogP contribution in [0.4, 0.5) is 5.69 Å². The maximum atomic E-state index is 13.0. The Labute approximate surface area is 195 Å². The minimum atomic E-state index is -3.81. The number of carbonyl (C=O) groups is 1. The van der Waals surface area contributed by atoms with E-state index in [1.807, 2.05) is 4.90 Å². The van der Waals surface area contributed by atoms with Crippen LogP contribution in [0.3, 0.4) is 0 Å². The largest absolute Gasteiger partial charge is 0.490 e. The predicted octanol–water partition coefficient (Wildman–Crippen LogP) is 4.30. The molecule has 1 saturated carbocycles. The second-order valence-corrected chi connectivity index (χ2v) is 10.9. The van der Waals surface area contributed by atoms with E-state index in [1.54, 1.807) is 30.3 Å². The van der Waals surface area contributed by atoms with E-state index < -0.39 is 10.0 Å². The number of fused-ring (bicyclic) bond motifs is 2. The third-order valence-electron chi connectivity index (χ3n) is 6.99. The van der Waals surface area contributed by atoms with Gasteiger partial charge in [0.2, 0.25) is 0 Å². The lowest BCUT2D eigenvalue weighted by molar-refractivity contribution is 0.0521. The summed E-state index contributed by atoms with van der Waals surface area (Å²) in [7, 11) is -3.81. The van der Waals surface area contributed by atoms with Crippen LogP contribution in [0.25, 0.3) is 0 Å². The van der Waals surface area contributed by atoms with Crippen molar-refractivity contribution in [3.63, 3.8) is 0 Å². The number of nitrogens with zero attached hydrogens (tertiary/aromatic N) is 1. The van der Waals surface area contributed by atoms with Crippen LogP contribution in [0.2, 0.25) is 0 Å². The fourth-order valence-corrected chi connectivity index (χ4v) is 6.25. The lowest BCUT2D eigenvalue weighted by Gasteiger charge is -2.41. The van der Waals surface area contributed by atoms with Crippen molar-refractivity contribution in [3.05, 3.63) is 48.0 Å². The van der Waals surface area contributed by atoms with Crippen LogP contribution in [-0.4, -0.2) is 45.5 Å². The summed E-state index contributed by atoms with van der Waals surface area (Å²) in [6, 6.07) is 11.3. The van der Waals surface area contributed by atoms with Gasteiger partial charge in [0.05, 0.1) is 18.1 Å². The monoisotopic (exact) mass is 470 g/mol. The zero-order chi connectivity index (χ0) is 22.8. The van der Waals surface area contributed by atoms with Gasteiger partial charge in [-0.15, -0.1) is 0 Å². The minimum Gasteiger partial charge on any atom is -0.490 e. The van der Waals surface area contributed by atoms with Crippen molar-refractivity contribution in [1.29, 1.82) is 0 Å². The third-order valence-corrected chi connectivity index (χ3v) is 8.37. The molecule has 2 unspecified atom stereocenters. The molecule has 1 N–H and O–H groups in total. The Balaban J connectivity index is 1.26. The fourth-order valence-electron chi connectivity index (χ4n) is 5.17. The minimum absolute atomic E-state index is 0.0244. The average molecular weight is 471 g/mol. The Kier molecular flexibility index (Phi) is 6.19. The highest BCUT2D eigenvalue weighted by atomic mass is 32.2. The molecule has 2 heterocycles. The number of likely N-dealkylation sites (tertiary alicyclic amines) is 1. The number of hydrogen-bond donors (Lipinski definition) is 1. The van der Waals surface area contributed by atoms with Gasteiger partial charge in [-0.25, -0.2) is 8.42 Å². The molecule has 1 amide bonds. The number of ether oxygens (including phenoxy) is 2. The van der Waals surface area contributed by atoms with Crippen LogP contribution >= 0.6 is 0 Å². The van der Waals surface area contributed by atoms with Gasteiger partial charge in [0.15, 0.2) is 11.5 Å². The molecule has 2 aromatic rings. The van der Waals surface area contributed by atoms with Gasteiger partial charge >= 0.3 is 0 Å². The summed E-state index contributed by atoms with van der Waals surface area (Å²) in [5.74, 6) is 2.39. The normalized spacial score (nSPS) is 22.7. The molecule has 2 fully saturated rings. The Hall–Kier alpha value is -2.74. The van der Waals surface area contributed by atoms with E-state index in [2.05, 4.69) is 4.72 Å². The van der Waals surface area contributed by atoms with Crippen molar-refractivity contribution >= 4 is 21.6 Å². The van der Waals surface area contributed by atoms with Crippen molar-refractivity contribution in [2.24, 2.45) is 11.8 Å². The first kappa shape index (κ1) is 22.1. The van der Waals surface area contributed by atoms with Crippen LogP contribution < -0.4 is 14.2 Å². The summed E-state index contributed by atoms with van der Waals surface area (Å²) in [6.45, 7) is 2.67. The van der Waals surface area contributed by atoms with Gasteiger partial charge in [-0.2, -0.15) is 0 Å². The molecular weight excluding hydrogens is 440 g/mol. The predicted molar refractivity (Wildman–Crippen MR) is 125 cm³/mol. The molecule has 1 aliphatic carbocycles. The van der Waals surface area contributed by atoms with E-state index in [1.165, 1.54) is 37.8 Å². The second-order valence-electron chi connectivity index (χ2n) is 9.19. The molecule has 1 saturated heterocycles. The van der Waals surface area contributed by atoms with E-state index in [0.29, 0.717) is 41.9 Å². The topological polar surface area (TPSA) is 84.9 Å². The number of hydrogen-bond acceptors (Lipinski definition) is 5. The quantitative estimate of drug-likeness (QED) is 0.720. The molecule has 0 bridgehead atoms. The van der Waals surface area contributed by atoms with E-state index in [4.69, 9.17) is 9.47 Å². The molecule has 5 rings (SSSR count). The molecule has 0 spiro atoms. The number of carbonyl (C=O) groups excluding carboxylic acids is 1. The molecule has 3 aliphatic rings. The highest BCUT2D eigenvalue weighted by molar-refractivity contribution is 7.92. The molecular formula is C25H30N2O5S. The highest BCUT2D eigenvalue weighted by Gasteiger charge is 2.33. The van der Waals surface area contributed by atoms with Gasteiger partial charge in [0.1, 0.15) is 0 Å². The van der Waals surface area contributed by atoms with Crippen LogP contribution in [0.5, 0.6) is 11.5 Å². The van der Waals surface area contributed by atoms with Gasteiger partial charge < -0.3 is 14.4 Å². The van der Waals surface area contributed by atoms with Crippen LogP contribution in [0.1, 0.15) is 48.9 Å². The van der Waals surface area contributed by atoms with E-state index in [0.717, 1.165) is 31.8 Å². The van der Waals surface area contributed by atoms with Crippen molar-refractivity contribution in [2.75, 3.05) is 31.0 Å². The summed E-state index contributed by atoms with van der Waals surface area (Å²) in [5, 5.41) is 0. The lowest BCUT2D eigenvalue weighted by Crippen LogP contribution is -2.44. The molecule has 2 aromatic carbocycles. The van der Waals surface area contributed by atoms with Crippen molar-refractivity contribution in [1.82, 2.24) is 4.90 Å². The van der Waals surface area contributed by atoms with E-state index in [-0.39, 0.29) is 10.8 Å². The summed E-state index contributed by atoms with van der Waals surface area (Å²) < 4.78 is 39.6. The molecule has 2 atom stereocenters. The van der Waals surface area contributed by atoms with Crippen molar-refractivity contribution in [2.45, 2.75) is 43.4 Å². The van der Waals surface area contributed by atoms with E-state index >= 15 is 0 Å². The SMILES string of the molecule is O=C(c1ccc(NS(=O)(=O)c2ccc3c(c2)OCCCO3)cc1)N1CCC2CCCCC2C1. The zero-order valence-corrected chi connectivity index (χ0v) is 19.5. The zero-order valence-electron chi connectivity index (χ0n) is 18.7. The summed E-state index contributed by atoms with van der Waals surface area (Å²) in [4.78, 5) is 15.1. The van der Waals surface area contributed by atoms with Gasteiger partial charge in [-0.05, 0) is 61.1 Å². The molecule has 176 valence electrons. The Morgan fingerprint density at radius 2 is 1.61 bits per heavy atom. The number of piperidine rings is 1. The first-order chi connectivity index (χ1) is 16.0. The maximum Gasteiger partial charge on any atom is 0.262 e. The number of nitrogens with one attached hydrogen (secondary N) is 1. The van der Waals surface area contributed by atoms with Crippen molar-refractivity contribution in [3.8, 4) is 11.5 Å². The van der Waals surface area contributed by atoms with Crippen LogP contribution in [0.15, 0.2) is 47.4 Å². The molecule has 33 heavy (non-hydrogen) atoms. The van der Waals surface area contributed by atoms with Gasteiger partial charge in [0.25, 0.3) is 15.9 Å². The Morgan fingerprint density at radius 1 is 0.879 bits per heavy atom. The molecule has 8 heteroatoms. The second kappa shape index (κ2) is 9.25. The average Bonchev–Trinajstić information content (AvgIpc) is 3.08. The fraction of sp³-hybridized carbons (Fsp3) is 0.480. The number of sulfonamides is 1. The van der Waals surface area contributed by atoms with Crippen LogP contribution in [0, 0.1) is 11.8 Å². The number of amides is 1. The Morgan fingerprint density at radius 3 is 2.39 bits per heavy atom. The maximum absolute atomic E-state index is 13.0.